The van der Waals surface area contributed by atoms with Crippen LogP contribution in [-0.2, 0) is 13.5 Å². The van der Waals surface area contributed by atoms with E-state index in [-0.39, 0.29) is 0 Å². The molecule has 0 saturated carbocycles. The molecule has 0 aliphatic rings. The van der Waals surface area contributed by atoms with Crippen LogP contribution in [0.2, 0.25) is 0 Å². The van der Waals surface area contributed by atoms with Crippen molar-refractivity contribution in [2.45, 2.75) is 20.3 Å². The number of benzene rings is 1. The largest absolute Gasteiger partial charge is 0.330 e. The number of aromatic nitrogens is 2. The van der Waals surface area contributed by atoms with Crippen molar-refractivity contribution in [3.8, 4) is 0 Å². The molecule has 0 unspecified atom stereocenters. The van der Waals surface area contributed by atoms with Crippen LogP contribution in [0.1, 0.15) is 16.8 Å². The lowest BCUT2D eigenvalue weighted by Gasteiger charge is -2.21. The third kappa shape index (κ3) is 2.63. The normalized spacial score (nSPS) is 10.8. The zero-order chi connectivity index (χ0) is 14.0. The predicted octanol–water partition coefficient (Wildman–Crippen LogP) is 2.31. The van der Waals surface area contributed by atoms with Crippen LogP contribution in [0.4, 0.5) is 11.5 Å². The SMILES string of the molecule is Cc1ccc(N(C)c2c(CCN)c(C)nn2C)cc1. The van der Waals surface area contributed by atoms with Crippen LogP contribution in [0.15, 0.2) is 24.3 Å². The van der Waals surface area contributed by atoms with Crippen LogP contribution < -0.4 is 10.6 Å². The first-order valence-corrected chi connectivity index (χ1v) is 6.57. The van der Waals surface area contributed by atoms with Crippen LogP contribution in [0.5, 0.6) is 0 Å². The van der Waals surface area contributed by atoms with Crippen molar-refractivity contribution < 1.29 is 0 Å². The van der Waals surface area contributed by atoms with Gasteiger partial charge in [-0.1, -0.05) is 17.7 Å². The van der Waals surface area contributed by atoms with Crippen LogP contribution in [0, 0.1) is 13.8 Å². The molecule has 0 aliphatic carbocycles. The maximum Gasteiger partial charge on any atom is 0.134 e. The molecule has 19 heavy (non-hydrogen) atoms. The van der Waals surface area contributed by atoms with Gasteiger partial charge in [-0.05, 0) is 38.9 Å². The second kappa shape index (κ2) is 5.45. The molecular formula is C15H22N4. The van der Waals surface area contributed by atoms with Gasteiger partial charge in [-0.15, -0.1) is 0 Å². The van der Waals surface area contributed by atoms with Crippen molar-refractivity contribution in [1.29, 1.82) is 0 Å². The van der Waals surface area contributed by atoms with Crippen molar-refractivity contribution >= 4 is 11.5 Å². The summed E-state index contributed by atoms with van der Waals surface area (Å²) in [5, 5.41) is 4.51. The Hall–Kier alpha value is -1.81. The zero-order valence-electron chi connectivity index (χ0n) is 12.1. The van der Waals surface area contributed by atoms with Gasteiger partial charge in [0, 0.05) is 25.3 Å². The van der Waals surface area contributed by atoms with Crippen molar-refractivity contribution in [3.63, 3.8) is 0 Å². The minimum Gasteiger partial charge on any atom is -0.330 e. The fraction of sp³-hybridized carbons (Fsp3) is 0.400. The fourth-order valence-corrected chi connectivity index (χ4v) is 2.44. The maximum atomic E-state index is 5.71. The topological polar surface area (TPSA) is 47.1 Å². The van der Waals surface area contributed by atoms with E-state index < -0.39 is 0 Å². The van der Waals surface area contributed by atoms with Gasteiger partial charge < -0.3 is 10.6 Å². The van der Waals surface area contributed by atoms with Crippen molar-refractivity contribution in [1.82, 2.24) is 9.78 Å². The summed E-state index contributed by atoms with van der Waals surface area (Å²) in [6.45, 7) is 4.77. The second-order valence-electron chi connectivity index (χ2n) is 4.94. The van der Waals surface area contributed by atoms with E-state index >= 15 is 0 Å². The zero-order valence-corrected chi connectivity index (χ0v) is 12.1. The molecule has 2 aromatic rings. The molecule has 0 spiro atoms. The standard InChI is InChI=1S/C15H22N4/c1-11-5-7-13(8-6-11)18(3)15-14(9-10-16)12(2)17-19(15)4/h5-8H,9-10,16H2,1-4H3. The Morgan fingerprint density at radius 1 is 1.21 bits per heavy atom. The molecule has 1 aromatic heterocycles. The van der Waals surface area contributed by atoms with Crippen LogP contribution in [0.3, 0.4) is 0 Å². The Morgan fingerprint density at radius 3 is 2.42 bits per heavy atom. The lowest BCUT2D eigenvalue weighted by molar-refractivity contribution is 0.750. The van der Waals surface area contributed by atoms with E-state index in [9.17, 15) is 0 Å². The molecule has 0 aliphatic heterocycles. The maximum absolute atomic E-state index is 5.71. The summed E-state index contributed by atoms with van der Waals surface area (Å²) < 4.78 is 1.93. The van der Waals surface area contributed by atoms with E-state index in [4.69, 9.17) is 5.73 Å². The number of hydrogen-bond donors (Lipinski definition) is 1. The highest BCUT2D eigenvalue weighted by atomic mass is 15.4. The molecular weight excluding hydrogens is 236 g/mol. The molecule has 0 radical (unpaired) electrons. The third-order valence-electron chi connectivity index (χ3n) is 3.45. The van der Waals surface area contributed by atoms with Crippen LogP contribution in [-0.4, -0.2) is 23.4 Å². The summed E-state index contributed by atoms with van der Waals surface area (Å²) >= 11 is 0. The lowest BCUT2D eigenvalue weighted by atomic mass is 10.1. The minimum atomic E-state index is 0.640. The number of nitrogens with zero attached hydrogens (tertiary/aromatic N) is 3. The van der Waals surface area contributed by atoms with Gasteiger partial charge in [0.2, 0.25) is 0 Å². The van der Waals surface area contributed by atoms with Crippen LogP contribution >= 0.6 is 0 Å². The molecule has 0 atom stereocenters. The molecule has 4 nitrogen and oxygen atoms in total. The third-order valence-corrected chi connectivity index (χ3v) is 3.45. The summed E-state index contributed by atoms with van der Waals surface area (Å²) in [7, 11) is 4.05. The van der Waals surface area contributed by atoms with Gasteiger partial charge in [-0.2, -0.15) is 5.10 Å². The van der Waals surface area contributed by atoms with E-state index in [2.05, 4.69) is 48.2 Å². The molecule has 0 bridgehead atoms. The molecule has 0 fully saturated rings. The Bertz CT molecular complexity index is 554. The van der Waals surface area contributed by atoms with E-state index in [1.807, 2.05) is 18.7 Å². The van der Waals surface area contributed by atoms with Gasteiger partial charge in [-0.3, -0.25) is 4.68 Å². The van der Waals surface area contributed by atoms with Gasteiger partial charge in [0.15, 0.2) is 0 Å². The number of anilines is 2. The highest BCUT2D eigenvalue weighted by Crippen LogP contribution is 2.28. The van der Waals surface area contributed by atoms with Crippen molar-refractivity contribution in [2.24, 2.45) is 12.8 Å². The monoisotopic (exact) mass is 258 g/mol. The van der Waals surface area contributed by atoms with Crippen LogP contribution in [0.25, 0.3) is 0 Å². The highest BCUT2D eigenvalue weighted by molar-refractivity contribution is 5.63. The molecule has 2 N–H and O–H groups in total. The number of aryl methyl sites for hydroxylation is 3. The Labute approximate surface area is 114 Å². The van der Waals surface area contributed by atoms with Gasteiger partial charge in [-0.25, -0.2) is 0 Å². The van der Waals surface area contributed by atoms with Crippen molar-refractivity contribution in [3.05, 3.63) is 41.1 Å². The molecule has 102 valence electrons. The summed E-state index contributed by atoms with van der Waals surface area (Å²) in [5.74, 6) is 1.12. The predicted molar refractivity (Wildman–Crippen MR) is 79.9 cm³/mol. The number of rotatable bonds is 4. The Morgan fingerprint density at radius 2 is 1.84 bits per heavy atom. The fourth-order valence-electron chi connectivity index (χ4n) is 2.44. The molecule has 0 amide bonds. The minimum absolute atomic E-state index is 0.640. The number of nitrogens with two attached hydrogens (primary N) is 1. The molecule has 1 aromatic carbocycles. The second-order valence-corrected chi connectivity index (χ2v) is 4.94. The quantitative estimate of drug-likeness (QED) is 0.915. The summed E-state index contributed by atoms with van der Waals surface area (Å²) in [5.41, 5.74) is 10.4. The van der Waals surface area contributed by atoms with Gasteiger partial charge >= 0.3 is 0 Å². The average molecular weight is 258 g/mol. The smallest absolute Gasteiger partial charge is 0.134 e. The first-order chi connectivity index (χ1) is 9.04. The van der Waals surface area contributed by atoms with E-state index in [1.165, 1.54) is 11.1 Å². The molecule has 4 heteroatoms. The Kier molecular flexibility index (Phi) is 3.90. The lowest BCUT2D eigenvalue weighted by Crippen LogP contribution is -2.16. The first kappa shape index (κ1) is 13.6. The Balaban J connectivity index is 2.43. The van der Waals surface area contributed by atoms with Gasteiger partial charge in [0.05, 0.1) is 5.69 Å². The average Bonchev–Trinajstić information content (AvgIpc) is 2.65. The van der Waals surface area contributed by atoms with Crippen molar-refractivity contribution in [2.75, 3.05) is 18.5 Å². The summed E-state index contributed by atoms with van der Waals surface area (Å²) in [6.07, 6.45) is 0.852. The molecule has 2 rings (SSSR count). The molecule has 0 saturated heterocycles. The van der Waals surface area contributed by atoms with E-state index in [0.29, 0.717) is 6.54 Å². The van der Waals surface area contributed by atoms with Gasteiger partial charge in [0.25, 0.3) is 0 Å². The first-order valence-electron chi connectivity index (χ1n) is 6.57. The van der Waals surface area contributed by atoms with E-state index in [1.54, 1.807) is 0 Å². The molecule has 1 heterocycles. The van der Waals surface area contributed by atoms with Gasteiger partial charge in [0.1, 0.15) is 5.82 Å². The van der Waals surface area contributed by atoms with E-state index in [0.717, 1.165) is 23.6 Å². The summed E-state index contributed by atoms with van der Waals surface area (Å²) in [6, 6.07) is 8.50. The highest BCUT2D eigenvalue weighted by Gasteiger charge is 2.17. The summed E-state index contributed by atoms with van der Waals surface area (Å²) in [4.78, 5) is 2.17. The number of hydrogen-bond acceptors (Lipinski definition) is 3.